The van der Waals surface area contributed by atoms with E-state index in [0.717, 1.165) is 25.7 Å². The molecule has 1 amide bonds. The Kier molecular flexibility index (Phi) is 6.54. The number of amides is 1. The van der Waals surface area contributed by atoms with Crippen LogP contribution in [0.3, 0.4) is 0 Å². The van der Waals surface area contributed by atoms with E-state index in [0.29, 0.717) is 24.6 Å². The van der Waals surface area contributed by atoms with Crippen molar-refractivity contribution >= 4 is 19.5 Å². The van der Waals surface area contributed by atoms with E-state index in [-0.39, 0.29) is 29.9 Å². The number of imidazole rings is 1. The summed E-state index contributed by atoms with van der Waals surface area (Å²) in [5.41, 5.74) is 0.465. The van der Waals surface area contributed by atoms with Crippen molar-refractivity contribution in [3.8, 4) is 0 Å². The zero-order valence-electron chi connectivity index (χ0n) is 16.3. The molecule has 0 aliphatic heterocycles. The maximum atomic E-state index is 13.2. The predicted molar refractivity (Wildman–Crippen MR) is 99.8 cm³/mol. The van der Waals surface area contributed by atoms with E-state index in [9.17, 15) is 9.59 Å². The first-order chi connectivity index (χ1) is 13.0. The van der Waals surface area contributed by atoms with Gasteiger partial charge in [0.05, 0.1) is 19.4 Å². The van der Waals surface area contributed by atoms with Crippen molar-refractivity contribution in [1.82, 2.24) is 19.7 Å². The fourth-order valence-corrected chi connectivity index (χ4v) is 4.14. The van der Waals surface area contributed by atoms with Gasteiger partial charge in [0.25, 0.3) is 5.91 Å². The normalized spacial score (nSPS) is 27.5. The minimum atomic E-state index is -0.181. The van der Waals surface area contributed by atoms with E-state index in [1.54, 1.807) is 31.8 Å². The highest BCUT2D eigenvalue weighted by atomic mass is 16.5. The molecular weight excluding hydrogens is 347 g/mol. The fourth-order valence-electron chi connectivity index (χ4n) is 4.14. The average molecular weight is 375 g/mol. The molecule has 0 spiro atoms. The van der Waals surface area contributed by atoms with Crippen LogP contribution < -0.4 is 5.23 Å². The van der Waals surface area contributed by atoms with Gasteiger partial charge in [-0.25, -0.2) is 4.98 Å². The van der Waals surface area contributed by atoms with Gasteiger partial charge < -0.3 is 24.1 Å². The topological polar surface area (TPSA) is 85.7 Å². The molecule has 1 radical (unpaired) electrons. The highest BCUT2D eigenvalue weighted by Crippen LogP contribution is 2.37. The van der Waals surface area contributed by atoms with Crippen LogP contribution in [0.2, 0.25) is 0 Å². The predicted octanol–water partition coefficient (Wildman–Crippen LogP) is 0.895. The number of esters is 1. The van der Waals surface area contributed by atoms with Crippen molar-refractivity contribution in [2.75, 3.05) is 14.2 Å². The first kappa shape index (κ1) is 19.9. The van der Waals surface area contributed by atoms with Crippen LogP contribution in [0.15, 0.2) is 12.5 Å². The van der Waals surface area contributed by atoms with Crippen LogP contribution in [-0.2, 0) is 21.2 Å². The first-order valence-corrected chi connectivity index (χ1v) is 9.52. The Morgan fingerprint density at radius 3 is 2.48 bits per heavy atom. The molecule has 1 aromatic rings. The zero-order chi connectivity index (χ0) is 19.4. The minimum Gasteiger partial charge on any atom is -0.469 e. The van der Waals surface area contributed by atoms with E-state index < -0.39 is 0 Å². The molecule has 0 aromatic carbocycles. The molecule has 27 heavy (non-hydrogen) atoms. The number of nitrogens with zero attached hydrogens (tertiary/aromatic N) is 3. The Morgan fingerprint density at radius 1 is 1.22 bits per heavy atom. The molecule has 1 aromatic heterocycles. The second-order valence-corrected chi connectivity index (χ2v) is 7.51. The quantitative estimate of drug-likeness (QED) is 0.563. The molecule has 0 unspecified atom stereocenters. The molecule has 8 nitrogen and oxygen atoms in total. The van der Waals surface area contributed by atoms with Gasteiger partial charge in [0.1, 0.15) is 5.69 Å². The van der Waals surface area contributed by atoms with Crippen LogP contribution >= 0.6 is 0 Å². The van der Waals surface area contributed by atoms with Gasteiger partial charge in [-0.2, -0.15) is 0 Å². The third-order valence-electron chi connectivity index (χ3n) is 5.71. The summed E-state index contributed by atoms with van der Waals surface area (Å²) in [5.74, 6) is -0.323. The number of carbonyl (C=O) groups is 2. The van der Waals surface area contributed by atoms with E-state index in [2.05, 4.69) is 10.2 Å². The summed E-state index contributed by atoms with van der Waals surface area (Å²) in [7, 11) is 6.51. The van der Waals surface area contributed by atoms with Crippen molar-refractivity contribution in [3.63, 3.8) is 0 Å². The lowest BCUT2D eigenvalue weighted by atomic mass is 9.77. The lowest BCUT2D eigenvalue weighted by Crippen LogP contribution is -2.55. The number of ether oxygens (including phenoxy) is 1. The number of hydrogen-bond donors (Lipinski definition) is 1. The Balaban J connectivity index is 1.67. The lowest BCUT2D eigenvalue weighted by Gasteiger charge is -2.47. The number of rotatable bonds is 7. The molecule has 0 atom stereocenters. The maximum absolute atomic E-state index is 13.2. The van der Waals surface area contributed by atoms with Crippen LogP contribution in [0.25, 0.3) is 0 Å². The van der Waals surface area contributed by atoms with Crippen molar-refractivity contribution in [2.24, 2.45) is 13.0 Å². The van der Waals surface area contributed by atoms with Crippen LogP contribution in [0.5, 0.6) is 0 Å². The fraction of sp³-hybridized carbons (Fsp3) is 0.722. The van der Waals surface area contributed by atoms with E-state index in [4.69, 9.17) is 9.39 Å². The number of hydrogen-bond acceptors (Lipinski definition) is 6. The van der Waals surface area contributed by atoms with Crippen LogP contribution in [0.4, 0.5) is 0 Å². The lowest BCUT2D eigenvalue weighted by molar-refractivity contribution is -0.150. The molecule has 1 heterocycles. The summed E-state index contributed by atoms with van der Waals surface area (Å²) in [6.45, 7) is 0. The summed E-state index contributed by atoms with van der Waals surface area (Å²) >= 11 is 0. The molecule has 9 heteroatoms. The van der Waals surface area contributed by atoms with Gasteiger partial charge >= 0.3 is 13.6 Å². The van der Waals surface area contributed by atoms with E-state index >= 15 is 0 Å². The molecule has 2 saturated carbocycles. The molecule has 1 N–H and O–H groups in total. The van der Waals surface area contributed by atoms with E-state index in [1.165, 1.54) is 7.11 Å². The zero-order valence-corrected chi connectivity index (χ0v) is 16.3. The second kappa shape index (κ2) is 8.88. The average Bonchev–Trinajstić information content (AvgIpc) is 3.08. The Labute approximate surface area is 160 Å². The highest BCUT2D eigenvalue weighted by molar-refractivity contribution is 6.23. The van der Waals surface area contributed by atoms with Crippen LogP contribution in [0.1, 0.15) is 49.0 Å². The monoisotopic (exact) mass is 375 g/mol. The van der Waals surface area contributed by atoms with Crippen molar-refractivity contribution in [1.29, 1.82) is 0 Å². The van der Waals surface area contributed by atoms with Gasteiger partial charge in [-0.05, 0) is 44.6 Å². The summed E-state index contributed by atoms with van der Waals surface area (Å²) in [6.07, 6.45) is 8.53. The minimum absolute atomic E-state index is 0.0382. The third-order valence-corrected chi connectivity index (χ3v) is 5.71. The summed E-state index contributed by atoms with van der Waals surface area (Å²) in [5, 5.41) is 3.25. The molecular formula is C18H28BN4O4. The molecule has 3 rings (SSSR count). The first-order valence-electron chi connectivity index (χ1n) is 9.52. The second-order valence-electron chi connectivity index (χ2n) is 7.51. The molecule has 0 bridgehead atoms. The van der Waals surface area contributed by atoms with Gasteiger partial charge in [0, 0.05) is 32.4 Å². The molecule has 0 saturated heterocycles. The van der Waals surface area contributed by atoms with E-state index in [1.807, 2.05) is 11.9 Å². The summed E-state index contributed by atoms with van der Waals surface area (Å²) in [6, 6.07) is 0.615. The largest absolute Gasteiger partial charge is 0.469 e. The standard InChI is InChI=1S/C18H28BN4O4/c1-22-10-16(20-11-22)17(24)23(15-8-12(9-15)18(25)26-2)14-6-4-13(5-7-14)21-19-27-3/h10-15,21H,4-9H2,1-3H3. The number of aryl methyl sites for hydroxylation is 1. The van der Waals surface area contributed by atoms with Crippen molar-refractivity contribution in [3.05, 3.63) is 18.2 Å². The third kappa shape index (κ3) is 4.52. The van der Waals surface area contributed by atoms with Crippen LogP contribution in [-0.4, -0.2) is 66.3 Å². The van der Waals surface area contributed by atoms with Gasteiger partial charge in [-0.3, -0.25) is 9.59 Å². The maximum Gasteiger partial charge on any atom is 0.395 e. The summed E-state index contributed by atoms with van der Waals surface area (Å²) in [4.78, 5) is 31.2. The van der Waals surface area contributed by atoms with Crippen molar-refractivity contribution < 1.29 is 19.0 Å². The van der Waals surface area contributed by atoms with Crippen molar-refractivity contribution in [2.45, 2.75) is 56.7 Å². The SMILES string of the molecule is CO[B]NC1CCC(N(C(=O)c2cn(C)cn2)C2CC(C(=O)OC)C2)CC1. The Hall–Kier alpha value is -1.87. The van der Waals surface area contributed by atoms with Gasteiger partial charge in [-0.1, -0.05) is 0 Å². The molecule has 147 valence electrons. The van der Waals surface area contributed by atoms with Crippen LogP contribution in [0, 0.1) is 5.92 Å². The number of carbonyl (C=O) groups excluding carboxylic acids is 2. The Bertz CT molecular complexity index is 654. The van der Waals surface area contributed by atoms with Gasteiger partial charge in [0.2, 0.25) is 0 Å². The molecule has 2 aliphatic rings. The molecule has 2 aliphatic carbocycles. The number of aromatic nitrogens is 2. The number of methoxy groups -OCH3 is 1. The van der Waals surface area contributed by atoms with Gasteiger partial charge in [0.15, 0.2) is 0 Å². The smallest absolute Gasteiger partial charge is 0.395 e. The highest BCUT2D eigenvalue weighted by Gasteiger charge is 2.44. The number of nitrogens with one attached hydrogen (secondary N) is 1. The van der Waals surface area contributed by atoms with Gasteiger partial charge in [-0.15, -0.1) is 0 Å². The molecule has 2 fully saturated rings. The summed E-state index contributed by atoms with van der Waals surface area (Å²) < 4.78 is 11.6. The Morgan fingerprint density at radius 2 is 1.93 bits per heavy atom.